The molecule has 1 fully saturated rings. The zero-order valence-corrected chi connectivity index (χ0v) is 14.9. The first-order valence-electron chi connectivity index (χ1n) is 8.95. The zero-order chi connectivity index (χ0) is 17.3. The third-order valence-electron chi connectivity index (χ3n) is 5.36. The van der Waals surface area contributed by atoms with E-state index in [2.05, 4.69) is 48.2 Å². The van der Waals surface area contributed by atoms with Gasteiger partial charge in [-0.1, -0.05) is 42.5 Å². The molecule has 2 aliphatic heterocycles. The van der Waals surface area contributed by atoms with Crippen molar-refractivity contribution in [2.45, 2.75) is 31.7 Å². The number of nitrogens with zero attached hydrogens (tertiary/aromatic N) is 2. The SMILES string of the molecule is COc1ccccc1N=C1C=C(c2ccccc2)C[C@]2(C)CCCN12. The maximum atomic E-state index is 5.49. The highest BCUT2D eigenvalue weighted by Gasteiger charge is 2.41. The first kappa shape index (κ1) is 15.9. The molecule has 0 saturated carbocycles. The highest BCUT2D eigenvalue weighted by molar-refractivity contribution is 6.03. The van der Waals surface area contributed by atoms with Crippen LogP contribution in [0.1, 0.15) is 31.7 Å². The van der Waals surface area contributed by atoms with Crippen molar-refractivity contribution in [3.8, 4) is 5.75 Å². The molecule has 2 heterocycles. The predicted molar refractivity (Wildman–Crippen MR) is 103 cm³/mol. The molecule has 3 heteroatoms. The Labute approximate surface area is 149 Å². The van der Waals surface area contributed by atoms with Crippen LogP contribution in [0.3, 0.4) is 0 Å². The molecule has 1 saturated heterocycles. The summed E-state index contributed by atoms with van der Waals surface area (Å²) in [6.07, 6.45) is 5.76. The van der Waals surface area contributed by atoms with E-state index in [9.17, 15) is 0 Å². The lowest BCUT2D eigenvalue weighted by molar-refractivity contribution is 0.257. The standard InChI is InChI=1S/C22H24N2O/c1-22-13-8-14-24(22)21(23-19-11-6-7-12-20(19)25-2)15-18(16-22)17-9-4-3-5-10-17/h3-7,9-12,15H,8,13-14,16H2,1-2H3/t22-/m0/s1. The molecular weight excluding hydrogens is 308 g/mol. The maximum absolute atomic E-state index is 5.49. The van der Waals surface area contributed by atoms with E-state index in [0.29, 0.717) is 0 Å². The number of amidine groups is 1. The van der Waals surface area contributed by atoms with Crippen molar-refractivity contribution in [1.82, 2.24) is 4.90 Å². The number of hydrogen-bond donors (Lipinski definition) is 0. The molecule has 0 spiro atoms. The van der Waals surface area contributed by atoms with Gasteiger partial charge in [0.15, 0.2) is 0 Å². The Kier molecular flexibility index (Phi) is 4.08. The van der Waals surface area contributed by atoms with Crippen molar-refractivity contribution in [1.29, 1.82) is 0 Å². The van der Waals surface area contributed by atoms with E-state index in [1.54, 1.807) is 7.11 Å². The quantitative estimate of drug-likeness (QED) is 0.784. The predicted octanol–water partition coefficient (Wildman–Crippen LogP) is 5.07. The van der Waals surface area contributed by atoms with E-state index in [4.69, 9.17) is 9.73 Å². The first-order valence-corrected chi connectivity index (χ1v) is 8.95. The second-order valence-corrected chi connectivity index (χ2v) is 7.11. The molecule has 0 aromatic heterocycles. The molecule has 128 valence electrons. The van der Waals surface area contributed by atoms with Crippen LogP contribution in [-0.4, -0.2) is 29.9 Å². The van der Waals surface area contributed by atoms with E-state index in [0.717, 1.165) is 30.2 Å². The van der Waals surface area contributed by atoms with Gasteiger partial charge in [0.1, 0.15) is 17.3 Å². The average Bonchev–Trinajstić information content (AvgIpc) is 3.04. The lowest BCUT2D eigenvalue weighted by Gasteiger charge is -2.41. The van der Waals surface area contributed by atoms with Gasteiger partial charge in [0, 0.05) is 12.1 Å². The summed E-state index contributed by atoms with van der Waals surface area (Å²) >= 11 is 0. The van der Waals surface area contributed by atoms with E-state index < -0.39 is 0 Å². The van der Waals surface area contributed by atoms with Crippen LogP contribution in [0.5, 0.6) is 5.75 Å². The number of fused-ring (bicyclic) bond motifs is 1. The third-order valence-corrected chi connectivity index (χ3v) is 5.36. The van der Waals surface area contributed by atoms with Crippen molar-refractivity contribution in [3.63, 3.8) is 0 Å². The minimum atomic E-state index is 0.154. The summed E-state index contributed by atoms with van der Waals surface area (Å²) in [6.45, 7) is 3.44. The lowest BCUT2D eigenvalue weighted by atomic mass is 9.84. The largest absolute Gasteiger partial charge is 0.494 e. The molecule has 0 N–H and O–H groups in total. The van der Waals surface area contributed by atoms with Gasteiger partial charge >= 0.3 is 0 Å². The van der Waals surface area contributed by atoms with Crippen molar-refractivity contribution in [2.24, 2.45) is 4.99 Å². The van der Waals surface area contributed by atoms with Crippen LogP contribution in [0.25, 0.3) is 5.57 Å². The smallest absolute Gasteiger partial charge is 0.144 e. The summed E-state index contributed by atoms with van der Waals surface area (Å²) in [7, 11) is 1.70. The van der Waals surface area contributed by atoms with Crippen LogP contribution in [0.4, 0.5) is 5.69 Å². The van der Waals surface area contributed by atoms with Crippen LogP contribution >= 0.6 is 0 Å². The number of para-hydroxylation sites is 2. The Morgan fingerprint density at radius 3 is 2.60 bits per heavy atom. The van der Waals surface area contributed by atoms with Crippen LogP contribution in [0.15, 0.2) is 65.7 Å². The fourth-order valence-electron chi connectivity index (χ4n) is 4.07. The molecule has 2 aromatic carbocycles. The van der Waals surface area contributed by atoms with Crippen LogP contribution in [-0.2, 0) is 0 Å². The van der Waals surface area contributed by atoms with Crippen molar-refractivity contribution < 1.29 is 4.74 Å². The van der Waals surface area contributed by atoms with E-state index in [-0.39, 0.29) is 5.54 Å². The molecule has 0 amide bonds. The number of aliphatic imine (C=N–C) groups is 1. The summed E-state index contributed by atoms with van der Waals surface area (Å²) in [6, 6.07) is 18.6. The Hall–Kier alpha value is -2.55. The van der Waals surface area contributed by atoms with Crippen molar-refractivity contribution >= 4 is 17.1 Å². The van der Waals surface area contributed by atoms with Gasteiger partial charge in [-0.3, -0.25) is 0 Å². The van der Waals surface area contributed by atoms with Gasteiger partial charge in [0.05, 0.1) is 7.11 Å². The summed E-state index contributed by atoms with van der Waals surface area (Å²) < 4.78 is 5.49. The summed E-state index contributed by atoms with van der Waals surface area (Å²) in [4.78, 5) is 7.47. The Morgan fingerprint density at radius 2 is 1.80 bits per heavy atom. The molecule has 0 aliphatic carbocycles. The summed E-state index contributed by atoms with van der Waals surface area (Å²) in [5.74, 6) is 1.87. The first-order chi connectivity index (χ1) is 12.2. The number of hydrogen-bond acceptors (Lipinski definition) is 2. The molecule has 1 atom stereocenters. The van der Waals surface area contributed by atoms with Gasteiger partial charge < -0.3 is 9.64 Å². The molecule has 25 heavy (non-hydrogen) atoms. The summed E-state index contributed by atoms with van der Waals surface area (Å²) in [5, 5.41) is 0. The van der Waals surface area contributed by atoms with Gasteiger partial charge in [0.2, 0.25) is 0 Å². The highest BCUT2D eigenvalue weighted by Crippen LogP contribution is 2.42. The van der Waals surface area contributed by atoms with E-state index >= 15 is 0 Å². The molecule has 0 radical (unpaired) electrons. The lowest BCUT2D eigenvalue weighted by Crippen LogP contribution is -2.47. The molecule has 2 aliphatic rings. The number of methoxy groups -OCH3 is 1. The Bertz CT molecular complexity index is 825. The Morgan fingerprint density at radius 1 is 1.04 bits per heavy atom. The van der Waals surface area contributed by atoms with Crippen LogP contribution < -0.4 is 4.74 Å². The fourth-order valence-corrected chi connectivity index (χ4v) is 4.07. The van der Waals surface area contributed by atoms with Crippen LogP contribution in [0.2, 0.25) is 0 Å². The monoisotopic (exact) mass is 332 g/mol. The van der Waals surface area contributed by atoms with Gasteiger partial charge in [-0.15, -0.1) is 0 Å². The Balaban J connectivity index is 1.82. The molecule has 0 bridgehead atoms. The van der Waals surface area contributed by atoms with Gasteiger partial charge in [0.25, 0.3) is 0 Å². The van der Waals surface area contributed by atoms with Crippen molar-refractivity contribution in [2.75, 3.05) is 13.7 Å². The average molecular weight is 332 g/mol. The second-order valence-electron chi connectivity index (χ2n) is 7.11. The maximum Gasteiger partial charge on any atom is 0.144 e. The van der Waals surface area contributed by atoms with E-state index in [1.807, 2.05) is 24.3 Å². The second kappa shape index (κ2) is 6.40. The van der Waals surface area contributed by atoms with Crippen LogP contribution in [0, 0.1) is 0 Å². The van der Waals surface area contributed by atoms with Gasteiger partial charge in [-0.25, -0.2) is 4.99 Å². The van der Waals surface area contributed by atoms with Gasteiger partial charge in [-0.05, 0) is 55.5 Å². The molecule has 3 nitrogen and oxygen atoms in total. The topological polar surface area (TPSA) is 24.8 Å². The van der Waals surface area contributed by atoms with Crippen molar-refractivity contribution in [3.05, 3.63) is 66.2 Å². The molecule has 0 unspecified atom stereocenters. The molecular formula is C22H24N2O. The fraction of sp³-hybridized carbons (Fsp3) is 0.318. The number of ether oxygens (including phenoxy) is 1. The molecule has 2 aromatic rings. The normalized spacial score (nSPS) is 24.2. The minimum Gasteiger partial charge on any atom is -0.494 e. The third kappa shape index (κ3) is 2.95. The van der Waals surface area contributed by atoms with Gasteiger partial charge in [-0.2, -0.15) is 0 Å². The number of benzene rings is 2. The summed E-state index contributed by atoms with van der Waals surface area (Å²) in [5.41, 5.74) is 3.71. The minimum absolute atomic E-state index is 0.154. The zero-order valence-electron chi connectivity index (χ0n) is 14.9. The van der Waals surface area contributed by atoms with E-state index in [1.165, 1.54) is 24.0 Å². The number of rotatable bonds is 3. The molecule has 4 rings (SSSR count). The highest BCUT2D eigenvalue weighted by atomic mass is 16.5.